The molecule has 5 heteroatoms. The van der Waals surface area contributed by atoms with Gasteiger partial charge in [-0.1, -0.05) is 6.42 Å². The Hall–Kier alpha value is -2.14. The van der Waals surface area contributed by atoms with E-state index in [1.54, 1.807) is 6.20 Å². The molecule has 126 valence electrons. The van der Waals surface area contributed by atoms with Crippen molar-refractivity contribution in [2.75, 3.05) is 5.32 Å². The monoisotopic (exact) mass is 325 g/mol. The molecule has 2 aliphatic rings. The molecular weight excluding hydrogens is 302 g/mol. The molecule has 2 aromatic rings. The molecular formula is C19H23N3O2. The summed E-state index contributed by atoms with van der Waals surface area (Å²) in [5.74, 6) is 2.50. The van der Waals surface area contributed by atoms with E-state index in [2.05, 4.69) is 10.3 Å². The van der Waals surface area contributed by atoms with Crippen molar-refractivity contribution in [3.63, 3.8) is 0 Å². The summed E-state index contributed by atoms with van der Waals surface area (Å²) in [6, 6.07) is 7.88. The zero-order chi connectivity index (χ0) is 16.5. The van der Waals surface area contributed by atoms with Crippen LogP contribution in [0.15, 0.2) is 34.9 Å². The molecule has 2 fully saturated rings. The van der Waals surface area contributed by atoms with Crippen LogP contribution in [0.3, 0.4) is 0 Å². The summed E-state index contributed by atoms with van der Waals surface area (Å²) in [5.41, 5.74) is 7.82. The number of hydrogen-bond acceptors (Lipinski definition) is 4. The summed E-state index contributed by atoms with van der Waals surface area (Å²) >= 11 is 0. The van der Waals surface area contributed by atoms with Gasteiger partial charge in [0, 0.05) is 29.6 Å². The third-order valence-electron chi connectivity index (χ3n) is 5.07. The Morgan fingerprint density at radius 2 is 2.00 bits per heavy atom. The Kier molecular flexibility index (Phi) is 4.10. The van der Waals surface area contributed by atoms with E-state index in [1.165, 1.54) is 12.8 Å². The molecule has 0 aliphatic heterocycles. The van der Waals surface area contributed by atoms with Crippen molar-refractivity contribution in [3.8, 4) is 11.3 Å². The maximum atomic E-state index is 12.2. The molecule has 0 bridgehead atoms. The van der Waals surface area contributed by atoms with Gasteiger partial charge in [-0.15, -0.1) is 0 Å². The van der Waals surface area contributed by atoms with E-state index in [9.17, 15) is 4.79 Å². The van der Waals surface area contributed by atoms with Crippen LogP contribution in [0.2, 0.25) is 0 Å². The number of amides is 1. The highest BCUT2D eigenvalue weighted by atomic mass is 16.4. The third kappa shape index (κ3) is 3.36. The van der Waals surface area contributed by atoms with E-state index < -0.39 is 0 Å². The predicted molar refractivity (Wildman–Crippen MR) is 92.5 cm³/mol. The van der Waals surface area contributed by atoms with E-state index in [0.29, 0.717) is 18.3 Å². The van der Waals surface area contributed by atoms with Crippen molar-refractivity contribution in [3.05, 3.63) is 36.4 Å². The lowest BCUT2D eigenvalue weighted by Crippen LogP contribution is -2.28. The molecule has 2 saturated carbocycles. The molecule has 1 heterocycles. The highest BCUT2D eigenvalue weighted by molar-refractivity contribution is 5.91. The first-order chi connectivity index (χ1) is 11.7. The first-order valence-electron chi connectivity index (χ1n) is 8.80. The largest absolute Gasteiger partial charge is 0.440 e. The topological polar surface area (TPSA) is 81.2 Å². The second-order valence-corrected chi connectivity index (χ2v) is 7.02. The molecule has 2 aliphatic carbocycles. The number of nitrogens with two attached hydrogens (primary N) is 1. The molecule has 0 spiro atoms. The lowest BCUT2D eigenvalue weighted by molar-refractivity contribution is -0.117. The van der Waals surface area contributed by atoms with E-state index >= 15 is 0 Å². The number of anilines is 1. The lowest BCUT2D eigenvalue weighted by atomic mass is 10.00. The van der Waals surface area contributed by atoms with Gasteiger partial charge in [-0.3, -0.25) is 4.79 Å². The standard InChI is InChI=1S/C19H23N3O2/c20-16-3-1-2-14(16)10-18(23)22-15-8-6-12(7-9-15)17-11-21-19(24-17)13-4-5-13/h6-9,11,13-14,16H,1-5,10,20H2,(H,22,23)/t14-,16+/m0/s1. The van der Waals surface area contributed by atoms with Gasteiger partial charge < -0.3 is 15.5 Å². The van der Waals surface area contributed by atoms with Crippen molar-refractivity contribution in [2.24, 2.45) is 11.7 Å². The van der Waals surface area contributed by atoms with Crippen LogP contribution in [0.4, 0.5) is 5.69 Å². The number of nitrogens with one attached hydrogen (secondary N) is 1. The fourth-order valence-corrected chi connectivity index (χ4v) is 3.43. The molecule has 4 rings (SSSR count). The summed E-state index contributed by atoms with van der Waals surface area (Å²) in [7, 11) is 0. The van der Waals surface area contributed by atoms with Crippen LogP contribution in [-0.4, -0.2) is 16.9 Å². The van der Waals surface area contributed by atoms with E-state index in [0.717, 1.165) is 42.2 Å². The molecule has 1 aromatic carbocycles. The van der Waals surface area contributed by atoms with Crippen LogP contribution >= 0.6 is 0 Å². The second kappa shape index (κ2) is 6.40. The molecule has 0 saturated heterocycles. The number of rotatable bonds is 5. The highest BCUT2D eigenvalue weighted by Gasteiger charge is 2.28. The van der Waals surface area contributed by atoms with Gasteiger partial charge in [-0.05, 0) is 55.9 Å². The third-order valence-corrected chi connectivity index (χ3v) is 5.07. The average Bonchev–Trinajstić information content (AvgIpc) is 3.18. The van der Waals surface area contributed by atoms with Gasteiger partial charge in [-0.2, -0.15) is 0 Å². The zero-order valence-electron chi connectivity index (χ0n) is 13.7. The lowest BCUT2D eigenvalue weighted by Gasteiger charge is -2.14. The number of hydrogen-bond donors (Lipinski definition) is 2. The Bertz CT molecular complexity index is 718. The SMILES string of the molecule is N[C@@H]1CCC[C@H]1CC(=O)Nc1ccc(-c2cnc(C3CC3)o2)cc1. The fourth-order valence-electron chi connectivity index (χ4n) is 3.43. The summed E-state index contributed by atoms with van der Waals surface area (Å²) in [6.07, 6.45) is 7.87. The van der Waals surface area contributed by atoms with Crippen molar-refractivity contribution < 1.29 is 9.21 Å². The number of carbonyl (C=O) groups excluding carboxylic acids is 1. The number of oxazole rings is 1. The maximum Gasteiger partial charge on any atom is 0.224 e. The number of aromatic nitrogens is 1. The molecule has 0 radical (unpaired) electrons. The minimum Gasteiger partial charge on any atom is -0.440 e. The summed E-state index contributed by atoms with van der Waals surface area (Å²) in [4.78, 5) is 16.5. The minimum absolute atomic E-state index is 0.0424. The predicted octanol–water partition coefficient (Wildman–Crippen LogP) is 3.68. The van der Waals surface area contributed by atoms with Gasteiger partial charge in [-0.25, -0.2) is 4.98 Å². The molecule has 24 heavy (non-hydrogen) atoms. The van der Waals surface area contributed by atoms with Gasteiger partial charge >= 0.3 is 0 Å². The van der Waals surface area contributed by atoms with Gasteiger partial charge in [0.25, 0.3) is 0 Å². The minimum atomic E-state index is 0.0424. The summed E-state index contributed by atoms with van der Waals surface area (Å²) in [5, 5.41) is 2.96. The Labute approximate surface area is 141 Å². The average molecular weight is 325 g/mol. The molecule has 1 aromatic heterocycles. The number of benzene rings is 1. The van der Waals surface area contributed by atoms with Crippen molar-refractivity contribution in [2.45, 2.75) is 50.5 Å². The van der Waals surface area contributed by atoms with E-state index in [-0.39, 0.29) is 11.9 Å². The molecule has 1 amide bonds. The number of carbonyl (C=O) groups is 1. The van der Waals surface area contributed by atoms with Gasteiger partial charge in [0.15, 0.2) is 11.7 Å². The molecule has 0 unspecified atom stereocenters. The van der Waals surface area contributed by atoms with Crippen LogP contribution in [0.1, 0.15) is 50.3 Å². The van der Waals surface area contributed by atoms with Crippen LogP contribution in [0, 0.1) is 5.92 Å². The molecule has 5 nitrogen and oxygen atoms in total. The first kappa shape index (κ1) is 15.4. The summed E-state index contributed by atoms with van der Waals surface area (Å²) in [6.45, 7) is 0. The normalized spacial score (nSPS) is 23.4. The molecule has 3 N–H and O–H groups in total. The second-order valence-electron chi connectivity index (χ2n) is 7.02. The van der Waals surface area contributed by atoms with E-state index in [1.807, 2.05) is 24.3 Å². The van der Waals surface area contributed by atoms with Crippen LogP contribution in [0.25, 0.3) is 11.3 Å². The van der Waals surface area contributed by atoms with Gasteiger partial charge in [0.05, 0.1) is 6.20 Å². The zero-order valence-corrected chi connectivity index (χ0v) is 13.7. The van der Waals surface area contributed by atoms with Gasteiger partial charge in [0.1, 0.15) is 0 Å². The van der Waals surface area contributed by atoms with Crippen molar-refractivity contribution in [1.82, 2.24) is 4.98 Å². The number of nitrogens with zero attached hydrogens (tertiary/aromatic N) is 1. The maximum absolute atomic E-state index is 12.2. The van der Waals surface area contributed by atoms with Crippen LogP contribution in [0.5, 0.6) is 0 Å². The quantitative estimate of drug-likeness (QED) is 0.878. The van der Waals surface area contributed by atoms with Crippen molar-refractivity contribution >= 4 is 11.6 Å². The fraction of sp³-hybridized carbons (Fsp3) is 0.474. The Morgan fingerprint density at radius 1 is 1.21 bits per heavy atom. The van der Waals surface area contributed by atoms with Crippen LogP contribution in [-0.2, 0) is 4.79 Å². The smallest absolute Gasteiger partial charge is 0.224 e. The van der Waals surface area contributed by atoms with Crippen molar-refractivity contribution in [1.29, 1.82) is 0 Å². The Balaban J connectivity index is 1.37. The summed E-state index contributed by atoms with van der Waals surface area (Å²) < 4.78 is 5.80. The van der Waals surface area contributed by atoms with Gasteiger partial charge in [0.2, 0.25) is 5.91 Å². The molecule has 2 atom stereocenters. The van der Waals surface area contributed by atoms with Crippen LogP contribution < -0.4 is 11.1 Å². The first-order valence-corrected chi connectivity index (χ1v) is 8.80. The highest BCUT2D eigenvalue weighted by Crippen LogP contribution is 2.40. The Morgan fingerprint density at radius 3 is 2.67 bits per heavy atom. The van der Waals surface area contributed by atoms with E-state index in [4.69, 9.17) is 10.2 Å².